The molecule has 5 nitrogen and oxygen atoms in total. The molecule has 0 saturated carbocycles. The van der Waals surface area contributed by atoms with E-state index < -0.39 is 47.9 Å². The van der Waals surface area contributed by atoms with Crippen LogP contribution in [0.3, 0.4) is 0 Å². The van der Waals surface area contributed by atoms with Crippen molar-refractivity contribution in [2.75, 3.05) is 16.5 Å². The largest absolute Gasteiger partial charge is 0.457 e. The Morgan fingerprint density at radius 3 is 1.59 bits per heavy atom. The standard InChI is InChI=1S/C87H100N4O/c1-54-41-75(88-52-68(54)76-77-69(84(14,15)37-39-86(77,18)19)51-70-78(76)87(20,21)40-38-85(70,16)17)91-71-32-26-25-31-64(71)65-36-35-62(50-74(65)91)92-63-46-59(82(8,9)10)45-61(49-63)89-53-90(73-34-28-27-33-72(73)89)79-66(55-29-23-22-24-30-55)47-60(83(11,12)13)48-67(79)56-42-57(80(2,3)4)44-58(43-56)81(5,6)7/h22-36,41-52H,37-40,53H2,1-21H3/i1D3,22D,23D,24D,25D,26D,29D,30D,31D,32D. The molecule has 474 valence electrons. The fourth-order valence-corrected chi connectivity index (χ4v) is 14.8. The average Bonchev–Trinajstić information content (AvgIpc) is 0.725. The monoisotopic (exact) mass is 1230 g/mol. The lowest BCUT2D eigenvalue weighted by Crippen LogP contribution is -2.40. The molecule has 92 heavy (non-hydrogen) atoms. The van der Waals surface area contributed by atoms with Gasteiger partial charge in [-0.25, -0.2) is 4.98 Å². The molecule has 0 fully saturated rings. The Balaban J connectivity index is 1.01. The molecule has 13 rings (SSSR count). The highest BCUT2D eigenvalue weighted by Crippen LogP contribution is 2.59. The number of aryl methyl sites for hydroxylation is 1. The number of rotatable bonds is 8. The molecule has 0 spiro atoms. The van der Waals surface area contributed by atoms with Gasteiger partial charge < -0.3 is 14.5 Å². The van der Waals surface area contributed by atoms with E-state index in [2.05, 4.69) is 197 Å². The number of nitrogens with zero attached hydrogens (tertiary/aromatic N) is 4. The van der Waals surface area contributed by atoms with E-state index in [0.717, 1.165) is 92.8 Å². The molecule has 10 aromatic rings. The van der Waals surface area contributed by atoms with Crippen LogP contribution in [0.15, 0.2) is 164 Å². The van der Waals surface area contributed by atoms with Crippen molar-refractivity contribution >= 4 is 44.6 Å². The van der Waals surface area contributed by atoms with Gasteiger partial charge in [0.25, 0.3) is 0 Å². The van der Waals surface area contributed by atoms with Gasteiger partial charge in [0.1, 0.15) is 24.0 Å². The molecular formula is C87H100N4O. The topological polar surface area (TPSA) is 33.5 Å². The first-order chi connectivity index (χ1) is 47.9. The van der Waals surface area contributed by atoms with Crippen molar-refractivity contribution in [2.24, 2.45) is 0 Å². The zero-order valence-corrected chi connectivity index (χ0v) is 58.1. The molecule has 2 aliphatic carbocycles. The number of aromatic nitrogens is 2. The predicted molar refractivity (Wildman–Crippen MR) is 394 cm³/mol. The van der Waals surface area contributed by atoms with Gasteiger partial charge in [-0.3, -0.25) is 4.57 Å². The Bertz CT molecular complexity index is 5140. The Morgan fingerprint density at radius 1 is 0.467 bits per heavy atom. The first-order valence-electron chi connectivity index (χ1n) is 39.1. The summed E-state index contributed by atoms with van der Waals surface area (Å²) >= 11 is 0. The van der Waals surface area contributed by atoms with Crippen LogP contribution < -0.4 is 14.5 Å². The molecule has 0 unspecified atom stereocenters. The van der Waals surface area contributed by atoms with E-state index in [1.165, 1.54) is 11.1 Å². The average molecular weight is 1230 g/mol. The van der Waals surface area contributed by atoms with E-state index in [0.29, 0.717) is 39.2 Å². The molecule has 2 aromatic heterocycles. The summed E-state index contributed by atoms with van der Waals surface area (Å²) in [6.45, 7) is 42.0. The molecule has 3 heterocycles. The normalized spacial score (nSPS) is 18.8. The van der Waals surface area contributed by atoms with E-state index in [1.807, 2.05) is 36.4 Å². The first-order valence-corrected chi connectivity index (χ1v) is 33.1. The summed E-state index contributed by atoms with van der Waals surface area (Å²) in [4.78, 5) is 9.74. The van der Waals surface area contributed by atoms with Crippen molar-refractivity contribution in [2.45, 2.75) is 214 Å². The van der Waals surface area contributed by atoms with E-state index in [4.69, 9.17) is 16.6 Å². The van der Waals surface area contributed by atoms with Crippen molar-refractivity contribution in [1.82, 2.24) is 9.55 Å². The van der Waals surface area contributed by atoms with Gasteiger partial charge in [0.05, 0.1) is 40.4 Å². The molecule has 5 heteroatoms. The first kappa shape index (κ1) is 49.7. The van der Waals surface area contributed by atoms with Crippen LogP contribution in [0.1, 0.15) is 231 Å². The molecular weight excluding hydrogens is 1120 g/mol. The van der Waals surface area contributed by atoms with Crippen molar-refractivity contribution in [1.29, 1.82) is 0 Å². The van der Waals surface area contributed by atoms with E-state index >= 15 is 0 Å². The molecule has 0 N–H and O–H groups in total. The van der Waals surface area contributed by atoms with Gasteiger partial charge >= 0.3 is 0 Å². The zero-order valence-electron chi connectivity index (χ0n) is 70.1. The second-order valence-electron chi connectivity index (χ2n) is 33.5. The third-order valence-electron chi connectivity index (χ3n) is 20.7. The van der Waals surface area contributed by atoms with Crippen molar-refractivity contribution < 1.29 is 21.2 Å². The number of fused-ring (bicyclic) bond motifs is 6. The van der Waals surface area contributed by atoms with Gasteiger partial charge in [0.15, 0.2) is 0 Å². The maximum atomic E-state index is 9.64. The summed E-state index contributed by atoms with van der Waals surface area (Å²) in [7, 11) is 0. The Morgan fingerprint density at radius 2 is 1.00 bits per heavy atom. The summed E-state index contributed by atoms with van der Waals surface area (Å²) < 4.78 is 121. The lowest BCUT2D eigenvalue weighted by molar-refractivity contribution is 0.314. The fourth-order valence-electron chi connectivity index (χ4n) is 14.8. The molecule has 8 aromatic carbocycles. The minimum absolute atomic E-state index is 0.0983. The fraction of sp³-hybridized carbons (Fsp3) is 0.391. The molecule has 3 aliphatic rings. The van der Waals surface area contributed by atoms with E-state index in [9.17, 15) is 9.60 Å². The highest BCUT2D eigenvalue weighted by atomic mass is 16.5. The van der Waals surface area contributed by atoms with Gasteiger partial charge in [-0.1, -0.05) is 223 Å². The maximum absolute atomic E-state index is 9.64. The highest BCUT2D eigenvalue weighted by Gasteiger charge is 2.47. The van der Waals surface area contributed by atoms with Crippen LogP contribution in [-0.4, -0.2) is 16.2 Å². The Hall–Kier alpha value is -7.89. The second-order valence-corrected chi connectivity index (χ2v) is 33.5. The third-order valence-corrected chi connectivity index (χ3v) is 20.7. The van der Waals surface area contributed by atoms with Gasteiger partial charge in [0.2, 0.25) is 0 Å². The third kappa shape index (κ3) is 10.9. The van der Waals surface area contributed by atoms with Crippen LogP contribution in [0.4, 0.5) is 22.7 Å². The summed E-state index contributed by atoms with van der Waals surface area (Å²) in [5.41, 5.74) is 14.2. The van der Waals surface area contributed by atoms with E-state index in [-0.39, 0.29) is 91.2 Å². The maximum Gasteiger partial charge on any atom is 0.137 e. The van der Waals surface area contributed by atoms with Crippen LogP contribution in [-0.2, 0) is 43.3 Å². The summed E-state index contributed by atoms with van der Waals surface area (Å²) in [6, 6.07) is 31.6. The molecule has 0 saturated heterocycles. The lowest BCUT2D eigenvalue weighted by Gasteiger charge is -2.49. The lowest BCUT2D eigenvalue weighted by atomic mass is 9.55. The molecule has 1 aliphatic heterocycles. The van der Waals surface area contributed by atoms with Gasteiger partial charge in [0, 0.05) is 55.6 Å². The molecule has 0 radical (unpaired) electrons. The number of anilines is 4. The van der Waals surface area contributed by atoms with Crippen molar-refractivity contribution in [3.63, 3.8) is 0 Å². The zero-order chi connectivity index (χ0) is 76.1. The molecule has 0 amide bonds. The molecule has 0 bridgehead atoms. The van der Waals surface area contributed by atoms with Gasteiger partial charge in [-0.05, 0) is 203 Å². The SMILES string of the molecule is [2H]c1c([2H])c([2H])c(-c2cc(C(C)(C)C)cc(-c3cc(C(C)(C)C)cc(C(C)(C)C)c3)c2N2CN(c3cc(Oc4ccc5c6c([2H])c([2H])c([2H])c([2H])c6n(-c6cc(C([2H])([2H])[2H])c(-c7c8c(cc9c7C(C)(C)CCC9(C)C)C(C)(C)CCC8(C)C)cn6)c5c4)cc(C(C)(C)C)c3)c3ccccc32)c([2H])c1[2H]. The van der Waals surface area contributed by atoms with Crippen LogP contribution in [0.2, 0.25) is 0 Å². The van der Waals surface area contributed by atoms with Gasteiger partial charge in [-0.15, -0.1) is 0 Å². The minimum atomic E-state index is -2.67. The quantitative estimate of drug-likeness (QED) is 0.152. The van der Waals surface area contributed by atoms with Crippen LogP contribution in [0.5, 0.6) is 11.5 Å². The Labute approximate surface area is 568 Å². The van der Waals surface area contributed by atoms with Crippen LogP contribution in [0, 0.1) is 6.85 Å². The van der Waals surface area contributed by atoms with Crippen molar-refractivity contribution in [3.8, 4) is 50.7 Å². The number of ether oxygens (including phenoxy) is 1. The highest BCUT2D eigenvalue weighted by molar-refractivity contribution is 6.09. The molecule has 0 atom stereocenters. The van der Waals surface area contributed by atoms with Gasteiger partial charge in [-0.2, -0.15) is 0 Å². The summed E-state index contributed by atoms with van der Waals surface area (Å²) in [6.07, 6.45) is 5.47. The van der Waals surface area contributed by atoms with E-state index in [1.54, 1.807) is 29.0 Å². The number of para-hydroxylation sites is 3. The number of pyridine rings is 1. The predicted octanol–water partition coefficient (Wildman–Crippen LogP) is 24.4. The minimum Gasteiger partial charge on any atom is -0.457 e. The Kier molecular flexibility index (Phi) is 11.7. The second kappa shape index (κ2) is 21.6. The number of hydrogen-bond acceptors (Lipinski definition) is 4. The summed E-state index contributed by atoms with van der Waals surface area (Å²) in [5, 5.41) is 0.755. The van der Waals surface area contributed by atoms with Crippen LogP contribution in [0.25, 0.3) is 61.0 Å². The van der Waals surface area contributed by atoms with Crippen molar-refractivity contribution in [3.05, 3.63) is 214 Å². The van der Waals surface area contributed by atoms with Crippen LogP contribution >= 0.6 is 0 Å². The smallest absolute Gasteiger partial charge is 0.137 e. The number of hydrogen-bond donors (Lipinski definition) is 0. The number of benzene rings is 8. The summed E-state index contributed by atoms with van der Waals surface area (Å²) in [5.74, 6) is 1.04.